The summed E-state index contributed by atoms with van der Waals surface area (Å²) in [4.78, 5) is 38.3. The van der Waals surface area contributed by atoms with Gasteiger partial charge in [0.2, 0.25) is 5.91 Å². The van der Waals surface area contributed by atoms with E-state index in [1.54, 1.807) is 6.07 Å². The molecule has 0 aromatic carbocycles. The average Bonchev–Trinajstić information content (AvgIpc) is 3.31. The van der Waals surface area contributed by atoms with Crippen molar-refractivity contribution in [2.45, 2.75) is 61.9 Å². The summed E-state index contributed by atoms with van der Waals surface area (Å²) in [7, 11) is 0. The van der Waals surface area contributed by atoms with Gasteiger partial charge >= 0.3 is 6.03 Å². The number of carbonyl (C=O) groups excluding carboxylic acids is 2. The standard InChI is InChI=1S/C23H33N5O3S/c29-20(6-2-1-5-19-22-17(14-32-19)25-23(31)26-22)24-8-9-27-11-15-10-16(13-27)18-4-3-7-21(30)28(18)12-15/h3-4,7,15-17,19,22H,1-2,5-6,8-14H2,(H,24,29)(H2,25,26,31)/t15-,16+,17+,19-,22+/m1/s1. The van der Waals surface area contributed by atoms with Gasteiger partial charge in [-0.05, 0) is 31.2 Å². The van der Waals surface area contributed by atoms with Crippen LogP contribution >= 0.6 is 11.8 Å². The summed E-state index contributed by atoms with van der Waals surface area (Å²) in [5.41, 5.74) is 1.29. The van der Waals surface area contributed by atoms with Crippen LogP contribution in [0.15, 0.2) is 23.0 Å². The van der Waals surface area contributed by atoms with E-state index < -0.39 is 0 Å². The van der Waals surface area contributed by atoms with Crippen molar-refractivity contribution in [3.63, 3.8) is 0 Å². The van der Waals surface area contributed by atoms with Crippen LogP contribution in [0.1, 0.15) is 43.7 Å². The molecule has 2 bridgehead atoms. The Hall–Kier alpha value is -2.00. The zero-order valence-electron chi connectivity index (χ0n) is 18.4. The van der Waals surface area contributed by atoms with Gasteiger partial charge in [-0.3, -0.25) is 9.59 Å². The van der Waals surface area contributed by atoms with E-state index in [4.69, 9.17) is 0 Å². The van der Waals surface area contributed by atoms with Crippen molar-refractivity contribution in [2.75, 3.05) is 31.9 Å². The lowest BCUT2D eigenvalue weighted by molar-refractivity contribution is -0.121. The molecule has 32 heavy (non-hydrogen) atoms. The second-order valence-electron chi connectivity index (χ2n) is 9.68. The minimum Gasteiger partial charge on any atom is -0.355 e. The Balaban J connectivity index is 0.987. The molecule has 0 saturated carbocycles. The molecule has 3 amide bonds. The zero-order valence-corrected chi connectivity index (χ0v) is 19.2. The van der Waals surface area contributed by atoms with Gasteiger partial charge in [0.1, 0.15) is 0 Å². The molecule has 9 heteroatoms. The highest BCUT2D eigenvalue weighted by Gasteiger charge is 2.42. The van der Waals surface area contributed by atoms with E-state index in [0.717, 1.165) is 57.6 Å². The van der Waals surface area contributed by atoms with Crippen molar-refractivity contribution < 1.29 is 9.59 Å². The minimum atomic E-state index is -0.0415. The number of amides is 3. The molecule has 4 aliphatic rings. The maximum Gasteiger partial charge on any atom is 0.315 e. The predicted molar refractivity (Wildman–Crippen MR) is 125 cm³/mol. The fourth-order valence-corrected chi connectivity index (χ4v) is 7.44. The van der Waals surface area contributed by atoms with E-state index in [2.05, 4.69) is 26.9 Å². The first-order chi connectivity index (χ1) is 15.6. The largest absolute Gasteiger partial charge is 0.355 e. The lowest BCUT2D eigenvalue weighted by Gasteiger charge is -2.42. The van der Waals surface area contributed by atoms with Crippen LogP contribution in [-0.4, -0.2) is 70.7 Å². The number of pyridine rings is 1. The van der Waals surface area contributed by atoms with E-state index in [1.165, 1.54) is 5.69 Å². The predicted octanol–water partition coefficient (Wildman–Crippen LogP) is 1.11. The third-order valence-electron chi connectivity index (χ3n) is 7.39. The van der Waals surface area contributed by atoms with Crippen LogP contribution in [0, 0.1) is 5.92 Å². The number of unbranched alkanes of at least 4 members (excludes halogenated alkanes) is 1. The normalized spacial score (nSPS) is 30.9. The molecule has 3 N–H and O–H groups in total. The van der Waals surface area contributed by atoms with Gasteiger partial charge in [0.25, 0.3) is 5.56 Å². The highest BCUT2D eigenvalue weighted by Crippen LogP contribution is 2.35. The molecule has 3 fully saturated rings. The maximum absolute atomic E-state index is 12.3. The van der Waals surface area contributed by atoms with Crippen LogP contribution in [0.5, 0.6) is 0 Å². The number of carbonyl (C=O) groups is 2. The van der Waals surface area contributed by atoms with Crippen LogP contribution in [0.2, 0.25) is 0 Å². The van der Waals surface area contributed by atoms with Gasteiger partial charge in [-0.1, -0.05) is 12.5 Å². The number of urea groups is 1. The Morgan fingerprint density at radius 2 is 2.06 bits per heavy atom. The highest BCUT2D eigenvalue weighted by molar-refractivity contribution is 8.00. The van der Waals surface area contributed by atoms with E-state index in [-0.39, 0.29) is 29.6 Å². The van der Waals surface area contributed by atoms with Gasteiger partial charge in [-0.2, -0.15) is 11.8 Å². The van der Waals surface area contributed by atoms with Crippen LogP contribution in [0.3, 0.4) is 0 Å². The van der Waals surface area contributed by atoms with Gasteiger partial charge in [-0.25, -0.2) is 4.79 Å². The SMILES string of the molecule is O=C(CCCC[C@H]1SC[C@@H]2NC(=O)N[C@@H]21)NCCN1C[C@H]2C[C@@H](C1)c1cccc(=O)n1C2. The van der Waals surface area contributed by atoms with Crippen LogP contribution in [0.4, 0.5) is 4.79 Å². The van der Waals surface area contributed by atoms with Crippen molar-refractivity contribution >= 4 is 23.7 Å². The summed E-state index contributed by atoms with van der Waals surface area (Å²) in [5, 5.41) is 9.54. The third kappa shape index (κ3) is 4.69. The van der Waals surface area contributed by atoms with E-state index in [9.17, 15) is 14.4 Å². The molecule has 0 unspecified atom stereocenters. The van der Waals surface area contributed by atoms with Crippen LogP contribution < -0.4 is 21.5 Å². The Labute approximate surface area is 192 Å². The lowest BCUT2D eigenvalue weighted by atomic mass is 9.83. The van der Waals surface area contributed by atoms with Crippen molar-refractivity contribution in [3.8, 4) is 0 Å². The van der Waals surface area contributed by atoms with Gasteiger partial charge in [0, 0.05) is 67.8 Å². The molecule has 8 nitrogen and oxygen atoms in total. The molecule has 1 aromatic rings. The van der Waals surface area contributed by atoms with Crippen molar-refractivity contribution in [2.24, 2.45) is 5.92 Å². The second kappa shape index (κ2) is 9.47. The van der Waals surface area contributed by atoms with Gasteiger partial charge < -0.3 is 25.4 Å². The summed E-state index contributed by atoms with van der Waals surface area (Å²) in [6.45, 7) is 4.32. The molecule has 0 radical (unpaired) electrons. The van der Waals surface area contributed by atoms with Crippen LogP contribution in [0.25, 0.3) is 0 Å². The second-order valence-corrected chi connectivity index (χ2v) is 10.9. The number of rotatable bonds is 8. The number of hydrogen-bond acceptors (Lipinski definition) is 5. The van der Waals surface area contributed by atoms with Gasteiger partial charge in [-0.15, -0.1) is 0 Å². The number of thioether (sulfide) groups is 1. The minimum absolute atomic E-state index is 0.0415. The van der Waals surface area contributed by atoms with Gasteiger partial charge in [0.15, 0.2) is 0 Å². The summed E-state index contributed by atoms with van der Waals surface area (Å²) in [5.74, 6) is 2.05. The Kier molecular flexibility index (Phi) is 6.46. The Bertz CT molecular complexity index is 921. The molecule has 5 atom stereocenters. The molecule has 1 aromatic heterocycles. The van der Waals surface area contributed by atoms with Crippen molar-refractivity contribution in [3.05, 3.63) is 34.2 Å². The first-order valence-corrected chi connectivity index (χ1v) is 13.0. The average molecular weight is 460 g/mol. The summed E-state index contributed by atoms with van der Waals surface area (Å²) >= 11 is 1.93. The Morgan fingerprint density at radius 3 is 2.97 bits per heavy atom. The first-order valence-electron chi connectivity index (χ1n) is 11.9. The topological polar surface area (TPSA) is 95.5 Å². The molecule has 3 saturated heterocycles. The fourth-order valence-electron chi connectivity index (χ4n) is 5.89. The van der Waals surface area contributed by atoms with E-state index in [0.29, 0.717) is 30.1 Å². The molecule has 174 valence electrons. The number of fused-ring (bicyclic) bond motifs is 5. The molecule has 5 rings (SSSR count). The molecule has 5 heterocycles. The first kappa shape index (κ1) is 21.8. The summed E-state index contributed by atoms with van der Waals surface area (Å²) in [6.07, 6.45) is 4.67. The van der Waals surface area contributed by atoms with Crippen molar-refractivity contribution in [1.82, 2.24) is 25.4 Å². The Morgan fingerprint density at radius 1 is 1.16 bits per heavy atom. The fraction of sp³-hybridized carbons (Fsp3) is 0.696. The lowest BCUT2D eigenvalue weighted by Crippen LogP contribution is -2.48. The smallest absolute Gasteiger partial charge is 0.315 e. The quantitative estimate of drug-likeness (QED) is 0.400. The summed E-state index contributed by atoms with van der Waals surface area (Å²) < 4.78 is 1.96. The highest BCUT2D eigenvalue weighted by atomic mass is 32.2. The number of piperidine rings is 1. The third-order valence-corrected chi connectivity index (χ3v) is 8.89. The van der Waals surface area contributed by atoms with E-state index in [1.807, 2.05) is 22.4 Å². The van der Waals surface area contributed by atoms with Crippen molar-refractivity contribution in [1.29, 1.82) is 0 Å². The monoisotopic (exact) mass is 459 g/mol. The molecule has 0 spiro atoms. The molecular weight excluding hydrogens is 426 g/mol. The number of hydrogen-bond donors (Lipinski definition) is 3. The van der Waals surface area contributed by atoms with Crippen LogP contribution in [-0.2, 0) is 11.3 Å². The van der Waals surface area contributed by atoms with E-state index >= 15 is 0 Å². The number of aromatic nitrogens is 1. The molecule has 4 aliphatic heterocycles. The summed E-state index contributed by atoms with van der Waals surface area (Å²) in [6, 6.07) is 6.10. The molecule has 0 aliphatic carbocycles. The number of nitrogens with zero attached hydrogens (tertiary/aromatic N) is 2. The van der Waals surface area contributed by atoms with Gasteiger partial charge in [0.05, 0.1) is 12.1 Å². The molecular formula is C23H33N5O3S. The maximum atomic E-state index is 12.3. The number of likely N-dealkylation sites (tertiary alicyclic amines) is 1. The zero-order chi connectivity index (χ0) is 22.1. The number of nitrogens with one attached hydrogen (secondary N) is 3.